The fourth-order valence-corrected chi connectivity index (χ4v) is 3.31. The van der Waals surface area contributed by atoms with E-state index < -0.39 is 12.0 Å². The van der Waals surface area contributed by atoms with E-state index in [4.69, 9.17) is 5.11 Å². The summed E-state index contributed by atoms with van der Waals surface area (Å²) in [5, 5.41) is 21.1. The fraction of sp³-hybridized carbons (Fsp3) is 0.818. The number of amides is 1. The van der Waals surface area contributed by atoms with Crippen LogP contribution < -0.4 is 5.32 Å². The van der Waals surface area contributed by atoms with Crippen molar-refractivity contribution < 1.29 is 19.8 Å². The minimum atomic E-state index is -1.01. The van der Waals surface area contributed by atoms with Gasteiger partial charge in [0.2, 0.25) is 5.91 Å². The predicted molar refractivity (Wildman–Crippen MR) is 66.0 cm³/mol. The first kappa shape index (κ1) is 14.3. The van der Waals surface area contributed by atoms with Crippen LogP contribution in [0.3, 0.4) is 0 Å². The molecule has 1 rings (SSSR count). The van der Waals surface area contributed by atoms with Crippen molar-refractivity contribution in [3.63, 3.8) is 0 Å². The van der Waals surface area contributed by atoms with Gasteiger partial charge in [-0.1, -0.05) is 0 Å². The summed E-state index contributed by atoms with van der Waals surface area (Å²) in [6, 6.07) is -0.821. The number of aliphatic hydroxyl groups excluding tert-OH is 1. The maximum Gasteiger partial charge on any atom is 0.326 e. The van der Waals surface area contributed by atoms with E-state index in [2.05, 4.69) is 5.32 Å². The summed E-state index contributed by atoms with van der Waals surface area (Å²) in [7, 11) is 0. The summed E-state index contributed by atoms with van der Waals surface area (Å²) in [5.41, 5.74) is 0. The number of thioether (sulfide) groups is 1. The van der Waals surface area contributed by atoms with Crippen LogP contribution in [0.15, 0.2) is 0 Å². The Morgan fingerprint density at radius 3 is 2.65 bits per heavy atom. The molecule has 6 heteroatoms. The third kappa shape index (κ3) is 4.95. The molecule has 1 aliphatic rings. The Kier molecular flexibility index (Phi) is 5.77. The van der Waals surface area contributed by atoms with E-state index in [-0.39, 0.29) is 17.3 Å². The Bertz CT molecular complexity index is 285. The van der Waals surface area contributed by atoms with Crippen molar-refractivity contribution in [2.24, 2.45) is 0 Å². The molecule has 0 aliphatic heterocycles. The minimum Gasteiger partial charge on any atom is -0.480 e. The normalized spacial score (nSPS) is 25.5. The molecule has 3 atom stereocenters. The molecule has 1 saturated carbocycles. The molecule has 0 bridgehead atoms. The van der Waals surface area contributed by atoms with E-state index in [0.717, 1.165) is 19.3 Å². The highest BCUT2D eigenvalue weighted by molar-refractivity contribution is 7.99. The molecular weight excluding hydrogens is 242 g/mol. The lowest BCUT2D eigenvalue weighted by molar-refractivity contribution is -0.141. The van der Waals surface area contributed by atoms with Crippen molar-refractivity contribution in [1.82, 2.24) is 5.32 Å². The average molecular weight is 261 g/mol. The summed E-state index contributed by atoms with van der Waals surface area (Å²) in [5.74, 6) is -0.699. The molecule has 0 aromatic rings. The van der Waals surface area contributed by atoms with Gasteiger partial charge in [-0.05, 0) is 31.4 Å². The second kappa shape index (κ2) is 6.86. The van der Waals surface area contributed by atoms with Gasteiger partial charge in [0, 0.05) is 12.2 Å². The summed E-state index contributed by atoms with van der Waals surface area (Å²) < 4.78 is 0. The third-order valence-corrected chi connectivity index (χ3v) is 4.28. The predicted octanol–water partition coefficient (Wildman–Crippen LogP) is 0.612. The maximum absolute atomic E-state index is 10.9. The number of carbonyl (C=O) groups is 2. The van der Waals surface area contributed by atoms with Crippen molar-refractivity contribution in [2.75, 3.05) is 5.75 Å². The highest BCUT2D eigenvalue weighted by atomic mass is 32.2. The van der Waals surface area contributed by atoms with Crippen LogP contribution in [0.25, 0.3) is 0 Å². The van der Waals surface area contributed by atoms with E-state index in [0.29, 0.717) is 12.2 Å². The maximum atomic E-state index is 10.9. The van der Waals surface area contributed by atoms with Crippen LogP contribution >= 0.6 is 11.8 Å². The van der Waals surface area contributed by atoms with E-state index in [1.165, 1.54) is 6.92 Å². The van der Waals surface area contributed by atoms with Gasteiger partial charge < -0.3 is 15.5 Å². The number of rotatable bonds is 6. The van der Waals surface area contributed by atoms with Crippen molar-refractivity contribution >= 4 is 23.6 Å². The first-order valence-corrected chi connectivity index (χ1v) is 6.85. The van der Waals surface area contributed by atoms with Gasteiger partial charge in [0.25, 0.3) is 0 Å². The Morgan fingerprint density at radius 1 is 1.47 bits per heavy atom. The summed E-state index contributed by atoms with van der Waals surface area (Å²) >= 11 is 1.60. The van der Waals surface area contributed by atoms with Gasteiger partial charge in [-0.2, -0.15) is 11.8 Å². The largest absolute Gasteiger partial charge is 0.480 e. The monoisotopic (exact) mass is 261 g/mol. The molecule has 5 nitrogen and oxygen atoms in total. The Balaban J connectivity index is 2.26. The van der Waals surface area contributed by atoms with Gasteiger partial charge in [0.05, 0.1) is 6.10 Å². The number of aliphatic hydroxyl groups is 1. The van der Waals surface area contributed by atoms with Gasteiger partial charge in [0.15, 0.2) is 0 Å². The molecule has 0 aromatic heterocycles. The first-order valence-electron chi connectivity index (χ1n) is 5.80. The van der Waals surface area contributed by atoms with E-state index in [9.17, 15) is 14.7 Å². The molecule has 1 amide bonds. The fourth-order valence-electron chi connectivity index (χ4n) is 1.94. The molecule has 1 aliphatic carbocycles. The molecule has 0 radical (unpaired) electrons. The number of nitrogens with one attached hydrogen (secondary N) is 1. The van der Waals surface area contributed by atoms with E-state index in [1.54, 1.807) is 11.8 Å². The van der Waals surface area contributed by atoms with Gasteiger partial charge in [-0.25, -0.2) is 4.79 Å². The molecule has 0 saturated heterocycles. The lowest BCUT2D eigenvalue weighted by atomic mass is 10.2. The van der Waals surface area contributed by atoms with Crippen molar-refractivity contribution in [3.8, 4) is 0 Å². The lowest BCUT2D eigenvalue weighted by Gasteiger charge is -2.16. The topological polar surface area (TPSA) is 86.6 Å². The van der Waals surface area contributed by atoms with Crippen LogP contribution in [0.5, 0.6) is 0 Å². The number of carbonyl (C=O) groups excluding carboxylic acids is 1. The molecule has 3 unspecified atom stereocenters. The van der Waals surface area contributed by atoms with Crippen LogP contribution in [-0.4, -0.2) is 45.2 Å². The number of carboxylic acid groups (broad SMARTS) is 1. The molecular formula is C11H19NO4S. The molecule has 0 aromatic carbocycles. The number of carboxylic acids is 1. The zero-order chi connectivity index (χ0) is 12.8. The van der Waals surface area contributed by atoms with Gasteiger partial charge in [0.1, 0.15) is 6.04 Å². The molecule has 1 fully saturated rings. The third-order valence-electron chi connectivity index (χ3n) is 2.83. The van der Waals surface area contributed by atoms with Crippen LogP contribution in [0.1, 0.15) is 32.6 Å². The smallest absolute Gasteiger partial charge is 0.326 e. The zero-order valence-electron chi connectivity index (χ0n) is 9.89. The van der Waals surface area contributed by atoms with Crippen LogP contribution in [-0.2, 0) is 9.59 Å². The van der Waals surface area contributed by atoms with E-state index >= 15 is 0 Å². The Morgan fingerprint density at radius 2 is 2.18 bits per heavy atom. The second-order valence-corrected chi connectivity index (χ2v) is 5.63. The van der Waals surface area contributed by atoms with Crippen LogP contribution in [0, 0.1) is 0 Å². The highest BCUT2D eigenvalue weighted by Crippen LogP contribution is 2.30. The molecule has 0 heterocycles. The second-order valence-electron chi connectivity index (χ2n) is 4.29. The van der Waals surface area contributed by atoms with Crippen molar-refractivity contribution in [1.29, 1.82) is 0 Å². The molecule has 17 heavy (non-hydrogen) atoms. The van der Waals surface area contributed by atoms with Crippen molar-refractivity contribution in [2.45, 2.75) is 50.0 Å². The highest BCUT2D eigenvalue weighted by Gasteiger charge is 2.26. The molecule has 0 spiro atoms. The number of hydrogen-bond acceptors (Lipinski definition) is 4. The molecule has 98 valence electrons. The SMILES string of the molecule is CC(=O)NC(CCSC1CCCC1O)C(=O)O. The van der Waals surface area contributed by atoms with Crippen molar-refractivity contribution in [3.05, 3.63) is 0 Å². The zero-order valence-corrected chi connectivity index (χ0v) is 10.7. The quantitative estimate of drug-likeness (QED) is 0.652. The van der Waals surface area contributed by atoms with Gasteiger partial charge in [-0.15, -0.1) is 0 Å². The Labute approximate surface area is 105 Å². The lowest BCUT2D eigenvalue weighted by Crippen LogP contribution is -2.40. The van der Waals surface area contributed by atoms with Gasteiger partial charge >= 0.3 is 5.97 Å². The average Bonchev–Trinajstić information content (AvgIpc) is 2.62. The molecule has 3 N–H and O–H groups in total. The van der Waals surface area contributed by atoms with Crippen LogP contribution in [0.4, 0.5) is 0 Å². The standard InChI is InChI=1S/C11H19NO4S/c1-7(13)12-8(11(15)16)5-6-17-10-4-2-3-9(10)14/h8-10,14H,2-6H2,1H3,(H,12,13)(H,15,16). The van der Waals surface area contributed by atoms with Gasteiger partial charge in [-0.3, -0.25) is 4.79 Å². The van der Waals surface area contributed by atoms with Crippen LogP contribution in [0.2, 0.25) is 0 Å². The summed E-state index contributed by atoms with van der Waals surface area (Å²) in [6.45, 7) is 1.31. The van der Waals surface area contributed by atoms with E-state index in [1.807, 2.05) is 0 Å². The summed E-state index contributed by atoms with van der Waals surface area (Å²) in [6.07, 6.45) is 2.99. The number of hydrogen-bond donors (Lipinski definition) is 3. The minimum absolute atomic E-state index is 0.224. The Hall–Kier alpha value is -0.750. The first-order chi connectivity index (χ1) is 8.00. The summed E-state index contributed by atoms with van der Waals surface area (Å²) in [4.78, 5) is 21.7. The number of aliphatic carboxylic acids is 1.